The lowest BCUT2D eigenvalue weighted by Crippen LogP contribution is -2.36. The molecule has 0 bridgehead atoms. The van der Waals surface area contributed by atoms with Crippen LogP contribution in [0.5, 0.6) is 5.75 Å². The number of rotatable bonds is 9. The number of phenolic OH excluding ortho intramolecular Hbond substituents is 1. The number of para-hydroxylation sites is 4. The molecule has 354 valence electrons. The van der Waals surface area contributed by atoms with Crippen molar-refractivity contribution in [3.05, 3.63) is 235 Å². The molecule has 12 rings (SSSR count). The number of aromatic nitrogens is 2. The largest absolute Gasteiger partial charge is 0.507 e. The second kappa shape index (κ2) is 20.4. The second-order valence-corrected chi connectivity index (χ2v) is 17.5. The fraction of sp³-hybridized carbons (Fsp3) is 0.0635. The Morgan fingerprint density at radius 3 is 2.01 bits per heavy atom. The maximum absolute atomic E-state index is 9.75. The van der Waals surface area contributed by atoms with E-state index in [1.807, 2.05) is 116 Å². The summed E-state index contributed by atoms with van der Waals surface area (Å²) >= 11 is 0. The molecule has 3 aromatic heterocycles. The van der Waals surface area contributed by atoms with Crippen LogP contribution in [-0.4, -0.2) is 52.4 Å². The summed E-state index contributed by atoms with van der Waals surface area (Å²) in [6, 6.07) is 71.4. The van der Waals surface area contributed by atoms with Crippen molar-refractivity contribution in [1.82, 2.24) is 14.5 Å². The minimum Gasteiger partial charge on any atom is -0.507 e. The smallest absolute Gasteiger partial charge is 0.208 e. The van der Waals surface area contributed by atoms with Crippen molar-refractivity contribution >= 4 is 96.6 Å². The third kappa shape index (κ3) is 8.94. The number of nitrogens with one attached hydrogen (secondary N) is 1. The van der Waals surface area contributed by atoms with Crippen molar-refractivity contribution in [1.29, 1.82) is 0 Å². The summed E-state index contributed by atoms with van der Waals surface area (Å²) in [6.45, 7) is 8.88. The number of benzene rings is 9. The van der Waals surface area contributed by atoms with Gasteiger partial charge in [0.05, 0.1) is 35.2 Å². The average molecular weight is 951 g/mol. The van der Waals surface area contributed by atoms with Crippen LogP contribution < -0.4 is 5.32 Å². The molecule has 0 aliphatic heterocycles. The van der Waals surface area contributed by atoms with Crippen molar-refractivity contribution in [2.24, 2.45) is 25.0 Å². The fourth-order valence-corrected chi connectivity index (χ4v) is 9.76. The predicted octanol–water partition coefficient (Wildman–Crippen LogP) is 14.2. The summed E-state index contributed by atoms with van der Waals surface area (Å²) in [5.74, 6) is 2.26. The van der Waals surface area contributed by atoms with E-state index in [-0.39, 0.29) is 0 Å². The Hall–Kier alpha value is -9.67. The molecule has 0 atom stereocenters. The minimum atomic E-state index is 0.297. The summed E-state index contributed by atoms with van der Waals surface area (Å²) in [5, 5.41) is 20.0. The molecule has 0 unspecified atom stereocenters. The summed E-state index contributed by atoms with van der Waals surface area (Å²) < 4.78 is 10.6. The highest BCUT2D eigenvalue weighted by molar-refractivity contribution is 6.28. The van der Waals surface area contributed by atoms with Crippen LogP contribution in [0.4, 0.5) is 0 Å². The van der Waals surface area contributed by atoms with Crippen LogP contribution in [0.2, 0.25) is 0 Å². The highest BCUT2D eigenvalue weighted by Gasteiger charge is 2.22. The Bertz CT molecular complexity index is 4110. The molecule has 12 aromatic rings. The number of aromatic hydroxyl groups is 1. The lowest BCUT2D eigenvalue weighted by Gasteiger charge is -2.16. The number of phenols is 1. The van der Waals surface area contributed by atoms with E-state index in [1.54, 1.807) is 6.07 Å². The Balaban J connectivity index is 0.000000306. The van der Waals surface area contributed by atoms with Gasteiger partial charge in [-0.2, -0.15) is 0 Å². The molecule has 9 aromatic carbocycles. The average Bonchev–Trinajstić information content (AvgIpc) is 4.10. The normalized spacial score (nSPS) is 12.2. The summed E-state index contributed by atoms with van der Waals surface area (Å²) in [6.07, 6.45) is 0. The number of fused-ring (bicyclic) bond motifs is 10. The maximum atomic E-state index is 9.75. The zero-order valence-electron chi connectivity index (χ0n) is 40.2. The summed E-state index contributed by atoms with van der Waals surface area (Å²) in [7, 11) is 1.82. The van der Waals surface area contributed by atoms with Crippen LogP contribution in [0.1, 0.15) is 22.3 Å². The molecule has 3 heterocycles. The van der Waals surface area contributed by atoms with Gasteiger partial charge in [0.25, 0.3) is 0 Å². The zero-order valence-corrected chi connectivity index (χ0v) is 40.2. The fourth-order valence-electron chi connectivity index (χ4n) is 9.76. The van der Waals surface area contributed by atoms with E-state index in [4.69, 9.17) is 19.4 Å². The van der Waals surface area contributed by atoms with E-state index in [9.17, 15) is 5.11 Å². The van der Waals surface area contributed by atoms with Crippen molar-refractivity contribution < 1.29 is 9.52 Å². The molecule has 0 saturated carbocycles. The van der Waals surface area contributed by atoms with Gasteiger partial charge in [-0.05, 0) is 84.7 Å². The quantitative estimate of drug-likeness (QED) is 0.111. The molecule has 0 spiro atoms. The summed E-state index contributed by atoms with van der Waals surface area (Å²) in [4.78, 5) is 23.4. The third-order valence-electron chi connectivity index (χ3n) is 13.1. The van der Waals surface area contributed by atoms with Gasteiger partial charge < -0.3 is 19.4 Å². The van der Waals surface area contributed by atoms with Crippen LogP contribution in [0.3, 0.4) is 0 Å². The molecule has 0 aliphatic rings. The number of hydrogen-bond donors (Lipinski definition) is 2. The van der Waals surface area contributed by atoms with Gasteiger partial charge in [0.15, 0.2) is 5.84 Å². The van der Waals surface area contributed by atoms with Gasteiger partial charge in [-0.1, -0.05) is 158 Å². The van der Waals surface area contributed by atoms with Crippen LogP contribution in [0.25, 0.3) is 76.7 Å². The van der Waals surface area contributed by atoms with E-state index in [1.165, 1.54) is 0 Å². The number of amidine groups is 2. The lowest BCUT2D eigenvalue weighted by atomic mass is 10.0. The first-order valence-corrected chi connectivity index (χ1v) is 24.0. The molecular formula is C63H50N8O2. The summed E-state index contributed by atoms with van der Waals surface area (Å²) in [5.41, 5.74) is 11.8. The minimum absolute atomic E-state index is 0.297. The molecule has 10 nitrogen and oxygen atoms in total. The predicted molar refractivity (Wildman–Crippen MR) is 304 cm³/mol. The Kier molecular flexibility index (Phi) is 12.8. The van der Waals surface area contributed by atoms with E-state index in [2.05, 4.69) is 135 Å². The topological polar surface area (TPSA) is 117 Å². The maximum Gasteiger partial charge on any atom is 0.208 e. The van der Waals surface area contributed by atoms with Crippen LogP contribution in [0, 0.1) is 0 Å². The van der Waals surface area contributed by atoms with Gasteiger partial charge in [-0.3, -0.25) is 19.5 Å². The van der Waals surface area contributed by atoms with Crippen molar-refractivity contribution in [2.75, 3.05) is 7.05 Å². The van der Waals surface area contributed by atoms with Gasteiger partial charge in [-0.15, -0.1) is 0 Å². The van der Waals surface area contributed by atoms with Crippen LogP contribution in [-0.2, 0) is 19.8 Å². The number of aliphatic imine (C=N–C) groups is 5. The molecule has 0 aliphatic carbocycles. The highest BCUT2D eigenvalue weighted by Crippen LogP contribution is 2.40. The SMILES string of the molecule is C=N/C(=N\Cn1c2ccccc2c2ccc3c(c4ccccc4n3C(=NC)NC(=NCc3ccccc3)c3ccccc3)c21)c1ccc2oc3ccccc3c2c1.C=NCc1cccc(-c2ccccc2O)c1. The van der Waals surface area contributed by atoms with Gasteiger partial charge in [0.1, 0.15) is 29.4 Å². The molecule has 0 saturated heterocycles. The second-order valence-electron chi connectivity index (χ2n) is 17.5. The number of nitrogens with zero attached hydrogens (tertiary/aromatic N) is 7. The first-order chi connectivity index (χ1) is 36.0. The number of hydrogen-bond acceptors (Lipinski definition) is 6. The van der Waals surface area contributed by atoms with Gasteiger partial charge in [-0.25, -0.2) is 9.98 Å². The van der Waals surface area contributed by atoms with Gasteiger partial charge >= 0.3 is 0 Å². The Labute approximate surface area is 422 Å². The molecule has 0 radical (unpaired) electrons. The molecule has 0 amide bonds. The van der Waals surface area contributed by atoms with Crippen molar-refractivity contribution in [3.63, 3.8) is 0 Å². The molecule has 10 heteroatoms. The third-order valence-corrected chi connectivity index (χ3v) is 13.1. The number of furan rings is 1. The lowest BCUT2D eigenvalue weighted by molar-refractivity contribution is 0.477. The first kappa shape index (κ1) is 45.8. The first-order valence-electron chi connectivity index (χ1n) is 24.0. The van der Waals surface area contributed by atoms with E-state index >= 15 is 0 Å². The Morgan fingerprint density at radius 1 is 0.548 bits per heavy atom. The van der Waals surface area contributed by atoms with E-state index in [0.717, 1.165) is 105 Å². The van der Waals surface area contributed by atoms with Crippen molar-refractivity contribution in [3.8, 4) is 16.9 Å². The van der Waals surface area contributed by atoms with E-state index < -0.39 is 0 Å². The molecule has 73 heavy (non-hydrogen) atoms. The molecule has 0 fully saturated rings. The van der Waals surface area contributed by atoms with Crippen molar-refractivity contribution in [2.45, 2.75) is 19.8 Å². The molecule has 2 N–H and O–H groups in total. The van der Waals surface area contributed by atoms with Crippen LogP contribution >= 0.6 is 0 Å². The monoisotopic (exact) mass is 950 g/mol. The Morgan fingerprint density at radius 2 is 1.23 bits per heavy atom. The standard InChI is InChI=1S/C49H37N7O.C14H13NO/c1-50-47(34-25-28-44-39(29-34)36-20-11-14-24-43(36)57-44)53-31-55-40-22-12-9-19-35(40)37-26-27-42-45(46(37)55)38-21-10-13-23-41(38)56(42)49(51-2)54-48(33-17-7-4-8-18-33)52-30-32-15-5-3-6-16-32;1-15-10-11-5-4-6-12(9-11)13-7-2-3-8-14(13)16/h3-29H,1,30-31H2,2H3,(H,51,52,54);2-9,16H,1,10H2/b53-47-;. The van der Waals surface area contributed by atoms with Gasteiger partial charge in [0, 0.05) is 56.1 Å². The van der Waals surface area contributed by atoms with Crippen LogP contribution in [0.15, 0.2) is 242 Å². The zero-order chi connectivity index (χ0) is 49.7. The van der Waals surface area contributed by atoms with E-state index in [0.29, 0.717) is 37.3 Å². The van der Waals surface area contributed by atoms with Gasteiger partial charge in [0.2, 0.25) is 5.96 Å². The molecular weight excluding hydrogens is 901 g/mol. The highest BCUT2D eigenvalue weighted by atomic mass is 16.3.